The van der Waals surface area contributed by atoms with Crippen LogP contribution in [0.2, 0.25) is 0 Å². The largest absolute Gasteiger partial charge is 0.493 e. The van der Waals surface area contributed by atoms with E-state index >= 15 is 0 Å². The number of carbonyl (C=O) groups excluding carboxylic acids is 1. The Morgan fingerprint density at radius 3 is 2.72 bits per heavy atom. The number of nitrogens with zero attached hydrogens (tertiary/aromatic N) is 4. The van der Waals surface area contributed by atoms with Gasteiger partial charge in [-0.3, -0.25) is 19.1 Å². The molecule has 0 radical (unpaired) electrons. The molecular weight excluding hydrogens is 456 g/mol. The second kappa shape index (κ2) is 9.21. The molecule has 0 N–H and O–H groups in total. The van der Waals surface area contributed by atoms with Gasteiger partial charge in [-0.25, -0.2) is 4.98 Å². The fraction of sp³-hybridized carbons (Fsp3) is 0.607. The Kier molecular flexibility index (Phi) is 6.02. The number of hydrogen-bond donors (Lipinski definition) is 0. The molecule has 8 nitrogen and oxygen atoms in total. The van der Waals surface area contributed by atoms with Gasteiger partial charge in [0.05, 0.1) is 31.2 Å². The molecule has 8 heteroatoms. The summed E-state index contributed by atoms with van der Waals surface area (Å²) < 4.78 is 12.3. The lowest BCUT2D eigenvalue weighted by Gasteiger charge is -2.54. The zero-order valence-electron chi connectivity index (χ0n) is 21.5. The lowest BCUT2D eigenvalue weighted by Crippen LogP contribution is -2.60. The Hall–Kier alpha value is -2.87. The van der Waals surface area contributed by atoms with E-state index in [1.54, 1.807) is 33.3 Å². The molecule has 4 aliphatic rings. The number of aryl methyl sites for hydroxylation is 1. The SMILES string of the molecule is COc1cc2nc(C)n(CC(=O)N3CCCC4=C[C@H]5C[C@@H](CN6CCCC[C@@H]56)[C@H]43)c(=O)c2cc1OC. The average molecular weight is 493 g/mol. The summed E-state index contributed by atoms with van der Waals surface area (Å²) in [7, 11) is 3.10. The van der Waals surface area contributed by atoms with Crippen molar-refractivity contribution in [2.75, 3.05) is 33.9 Å². The van der Waals surface area contributed by atoms with Gasteiger partial charge in [-0.1, -0.05) is 18.1 Å². The minimum absolute atomic E-state index is 0.00815. The Balaban J connectivity index is 1.30. The van der Waals surface area contributed by atoms with Crippen molar-refractivity contribution in [1.29, 1.82) is 0 Å². The van der Waals surface area contributed by atoms with Crippen molar-refractivity contribution in [3.05, 3.63) is 40.0 Å². The van der Waals surface area contributed by atoms with Gasteiger partial charge in [-0.05, 0) is 63.5 Å². The van der Waals surface area contributed by atoms with Crippen LogP contribution in [0.1, 0.15) is 44.3 Å². The quantitative estimate of drug-likeness (QED) is 0.611. The van der Waals surface area contributed by atoms with Gasteiger partial charge in [-0.2, -0.15) is 0 Å². The number of piperidine rings is 3. The van der Waals surface area contributed by atoms with Crippen molar-refractivity contribution in [2.24, 2.45) is 11.8 Å². The molecule has 0 spiro atoms. The molecule has 1 aromatic heterocycles. The maximum absolute atomic E-state index is 13.8. The summed E-state index contributed by atoms with van der Waals surface area (Å²) in [5.41, 5.74) is 1.77. The van der Waals surface area contributed by atoms with Gasteiger partial charge in [0.1, 0.15) is 12.4 Å². The van der Waals surface area contributed by atoms with Crippen molar-refractivity contribution in [1.82, 2.24) is 19.4 Å². The lowest BCUT2D eigenvalue weighted by molar-refractivity contribution is -0.137. The molecule has 1 amide bonds. The highest BCUT2D eigenvalue weighted by molar-refractivity contribution is 5.83. The van der Waals surface area contributed by atoms with E-state index < -0.39 is 0 Å². The van der Waals surface area contributed by atoms with E-state index in [9.17, 15) is 9.59 Å². The van der Waals surface area contributed by atoms with Crippen LogP contribution in [0.25, 0.3) is 10.9 Å². The summed E-state index contributed by atoms with van der Waals surface area (Å²) in [6.07, 6.45) is 9.71. The maximum atomic E-state index is 13.8. The number of carbonyl (C=O) groups is 1. The first-order valence-corrected chi connectivity index (χ1v) is 13.4. The Morgan fingerprint density at radius 1 is 1.11 bits per heavy atom. The van der Waals surface area contributed by atoms with Crippen molar-refractivity contribution < 1.29 is 14.3 Å². The van der Waals surface area contributed by atoms with Crippen LogP contribution in [0, 0.1) is 18.8 Å². The van der Waals surface area contributed by atoms with Crippen LogP contribution in [0.5, 0.6) is 11.5 Å². The maximum Gasteiger partial charge on any atom is 0.262 e. The molecule has 0 unspecified atom stereocenters. The second-order valence-electron chi connectivity index (χ2n) is 10.9. The van der Waals surface area contributed by atoms with E-state index in [-0.39, 0.29) is 24.1 Å². The molecule has 3 saturated heterocycles. The van der Waals surface area contributed by atoms with Gasteiger partial charge in [0.2, 0.25) is 5.91 Å². The minimum atomic E-state index is -0.225. The highest BCUT2D eigenvalue weighted by Gasteiger charge is 2.46. The molecule has 1 aromatic carbocycles. The van der Waals surface area contributed by atoms with Crippen LogP contribution in [-0.4, -0.2) is 71.2 Å². The van der Waals surface area contributed by atoms with E-state index in [1.165, 1.54) is 42.4 Å². The summed E-state index contributed by atoms with van der Waals surface area (Å²) >= 11 is 0. The van der Waals surface area contributed by atoms with Crippen LogP contribution in [0.3, 0.4) is 0 Å². The van der Waals surface area contributed by atoms with Crippen LogP contribution in [0.4, 0.5) is 0 Å². The van der Waals surface area contributed by atoms with E-state index in [1.807, 2.05) is 0 Å². The molecule has 3 aliphatic heterocycles. The van der Waals surface area contributed by atoms with Crippen molar-refractivity contribution in [3.8, 4) is 11.5 Å². The van der Waals surface area contributed by atoms with Crippen LogP contribution in [-0.2, 0) is 11.3 Å². The number of methoxy groups -OCH3 is 2. The number of amides is 1. The highest BCUT2D eigenvalue weighted by atomic mass is 16.5. The smallest absolute Gasteiger partial charge is 0.262 e. The zero-order chi connectivity index (χ0) is 25.0. The van der Waals surface area contributed by atoms with Gasteiger partial charge < -0.3 is 14.4 Å². The molecule has 0 saturated carbocycles. The van der Waals surface area contributed by atoms with Crippen molar-refractivity contribution in [3.63, 3.8) is 0 Å². The molecular formula is C28H36N4O4. The highest BCUT2D eigenvalue weighted by Crippen LogP contribution is 2.45. The first-order valence-electron chi connectivity index (χ1n) is 13.4. The Bertz CT molecular complexity index is 1280. The summed E-state index contributed by atoms with van der Waals surface area (Å²) in [6, 6.07) is 4.23. The van der Waals surface area contributed by atoms with Crippen LogP contribution in [0.15, 0.2) is 28.6 Å². The molecule has 192 valence electrons. The second-order valence-corrected chi connectivity index (χ2v) is 10.9. The monoisotopic (exact) mass is 492 g/mol. The minimum Gasteiger partial charge on any atom is -0.493 e. The molecule has 1 aliphatic carbocycles. The third-order valence-corrected chi connectivity index (χ3v) is 8.92. The fourth-order valence-electron chi connectivity index (χ4n) is 7.32. The fourth-order valence-corrected chi connectivity index (χ4v) is 7.32. The molecule has 4 heterocycles. The van der Waals surface area contributed by atoms with E-state index in [4.69, 9.17) is 9.47 Å². The number of rotatable bonds is 4. The van der Waals surface area contributed by atoms with Crippen LogP contribution < -0.4 is 15.0 Å². The van der Waals surface area contributed by atoms with Gasteiger partial charge in [-0.15, -0.1) is 0 Å². The van der Waals surface area contributed by atoms with Gasteiger partial charge >= 0.3 is 0 Å². The van der Waals surface area contributed by atoms with Gasteiger partial charge in [0.25, 0.3) is 5.56 Å². The summed E-state index contributed by atoms with van der Waals surface area (Å²) in [4.78, 5) is 36.7. The molecule has 3 fully saturated rings. The van der Waals surface area contributed by atoms with Crippen LogP contribution >= 0.6 is 0 Å². The molecule has 6 rings (SSSR count). The third-order valence-electron chi connectivity index (χ3n) is 8.92. The molecule has 2 bridgehead atoms. The van der Waals surface area contributed by atoms with E-state index in [0.717, 1.165) is 25.9 Å². The first kappa shape index (κ1) is 23.5. The molecule has 4 atom stereocenters. The first-order chi connectivity index (χ1) is 17.5. The number of aromatic nitrogens is 2. The topological polar surface area (TPSA) is 76.9 Å². The normalized spacial score (nSPS) is 27.8. The Morgan fingerprint density at radius 2 is 1.92 bits per heavy atom. The molecule has 36 heavy (non-hydrogen) atoms. The number of hydrogen-bond acceptors (Lipinski definition) is 6. The predicted octanol–water partition coefficient (Wildman–Crippen LogP) is 3.14. The van der Waals surface area contributed by atoms with Gasteiger partial charge in [0.15, 0.2) is 11.5 Å². The third kappa shape index (κ3) is 3.81. The Labute approximate surface area is 211 Å². The number of benzene rings is 1. The van der Waals surface area contributed by atoms with Crippen molar-refractivity contribution >= 4 is 16.8 Å². The van der Waals surface area contributed by atoms with Crippen molar-refractivity contribution in [2.45, 2.75) is 64.1 Å². The standard InChI is InChI=1S/C28H36N4O4/c1-17-29-22-14-25(36-3)24(35-2)13-21(22)28(34)32(17)16-26(33)31-10-6-7-18-11-19-12-20(27(18)31)15-30-9-5-4-8-23(19)30/h11,13-14,19-20,23,27H,4-10,12,15-16H2,1-3H3/t19-,20-,23-,27-/m0/s1. The zero-order valence-corrected chi connectivity index (χ0v) is 21.5. The number of ether oxygens (including phenoxy) is 2. The predicted molar refractivity (Wildman–Crippen MR) is 137 cm³/mol. The lowest BCUT2D eigenvalue weighted by atomic mass is 9.68. The molecule has 2 aromatic rings. The van der Waals surface area contributed by atoms with Gasteiger partial charge in [0, 0.05) is 25.2 Å². The number of likely N-dealkylation sites (tertiary alicyclic amines) is 1. The summed E-state index contributed by atoms with van der Waals surface area (Å²) in [6.45, 7) is 4.83. The number of fused-ring (bicyclic) bond motifs is 7. The summed E-state index contributed by atoms with van der Waals surface area (Å²) in [5, 5.41) is 0.425. The average Bonchev–Trinajstić information content (AvgIpc) is 2.90. The van der Waals surface area contributed by atoms with E-state index in [0.29, 0.717) is 46.1 Å². The van der Waals surface area contributed by atoms with E-state index in [2.05, 4.69) is 20.9 Å². The summed E-state index contributed by atoms with van der Waals surface area (Å²) in [5.74, 6) is 2.65.